The number of carbonyl (C=O) groups excluding carboxylic acids is 1. The summed E-state index contributed by atoms with van der Waals surface area (Å²) < 4.78 is 22.6. The summed E-state index contributed by atoms with van der Waals surface area (Å²) in [5, 5.41) is 0. The van der Waals surface area contributed by atoms with Crippen LogP contribution in [0.15, 0.2) is 0 Å². The highest BCUT2D eigenvalue weighted by atomic mass is 32.2. The van der Waals surface area contributed by atoms with E-state index in [0.29, 0.717) is 18.8 Å². The summed E-state index contributed by atoms with van der Waals surface area (Å²) in [7, 11) is -2.91. The molecule has 1 rings (SSSR count). The molecule has 0 spiro atoms. The van der Waals surface area contributed by atoms with Gasteiger partial charge in [0.05, 0.1) is 5.75 Å². The average Bonchev–Trinajstić information content (AvgIpc) is 2.77. The van der Waals surface area contributed by atoms with E-state index in [2.05, 4.69) is 6.92 Å². The largest absolute Gasteiger partial charge is 0.299 e. The number of hydrogen-bond acceptors (Lipinski definition) is 3. The van der Waals surface area contributed by atoms with E-state index in [1.165, 1.54) is 6.42 Å². The van der Waals surface area contributed by atoms with Crippen molar-refractivity contribution in [3.8, 4) is 0 Å². The maximum absolute atomic E-state index is 11.9. The molecule has 0 aromatic rings. The minimum absolute atomic E-state index is 0.166. The molecule has 4 heteroatoms. The van der Waals surface area contributed by atoms with Gasteiger partial charge in [-0.05, 0) is 31.6 Å². The normalized spacial score (nSPS) is 25.1. The first-order valence-electron chi connectivity index (χ1n) is 6.71. The summed E-state index contributed by atoms with van der Waals surface area (Å²) in [5.41, 5.74) is 0. The Morgan fingerprint density at radius 1 is 1.24 bits per heavy atom. The third kappa shape index (κ3) is 4.78. The van der Waals surface area contributed by atoms with Crippen molar-refractivity contribution in [2.45, 2.75) is 52.4 Å². The Hall–Kier alpha value is -0.380. The van der Waals surface area contributed by atoms with E-state index in [9.17, 15) is 13.2 Å². The van der Waals surface area contributed by atoms with Gasteiger partial charge in [0.25, 0.3) is 0 Å². The first-order chi connectivity index (χ1) is 7.98. The van der Waals surface area contributed by atoms with Crippen molar-refractivity contribution in [3.63, 3.8) is 0 Å². The Morgan fingerprint density at radius 2 is 1.94 bits per heavy atom. The number of ketones is 1. The molecular formula is C13H24O3S. The van der Waals surface area contributed by atoms with Crippen LogP contribution in [-0.4, -0.2) is 25.7 Å². The average molecular weight is 260 g/mol. The lowest BCUT2D eigenvalue weighted by Gasteiger charge is -2.09. The summed E-state index contributed by atoms with van der Waals surface area (Å²) >= 11 is 0. The van der Waals surface area contributed by atoms with E-state index in [-0.39, 0.29) is 23.2 Å². The molecule has 17 heavy (non-hydrogen) atoms. The summed E-state index contributed by atoms with van der Waals surface area (Å²) in [4.78, 5) is 11.9. The fourth-order valence-corrected chi connectivity index (χ4v) is 3.43. The molecule has 0 aromatic heterocycles. The van der Waals surface area contributed by atoms with Gasteiger partial charge in [-0.3, -0.25) is 4.79 Å². The molecule has 1 fully saturated rings. The Bertz CT molecular complexity index is 346. The number of carbonyl (C=O) groups is 1. The van der Waals surface area contributed by atoms with Crippen molar-refractivity contribution < 1.29 is 13.2 Å². The lowest BCUT2D eigenvalue weighted by Crippen LogP contribution is -2.14. The predicted molar refractivity (Wildman–Crippen MR) is 69.7 cm³/mol. The molecule has 0 bridgehead atoms. The van der Waals surface area contributed by atoms with E-state index in [4.69, 9.17) is 0 Å². The van der Waals surface area contributed by atoms with Crippen LogP contribution in [0.3, 0.4) is 0 Å². The molecule has 0 radical (unpaired) electrons. The third-order valence-electron chi connectivity index (χ3n) is 3.89. The van der Waals surface area contributed by atoms with Gasteiger partial charge in [0.1, 0.15) is 15.6 Å². The van der Waals surface area contributed by atoms with Crippen LogP contribution in [0.2, 0.25) is 0 Å². The molecule has 0 aliphatic heterocycles. The number of sulfone groups is 1. The van der Waals surface area contributed by atoms with Crippen LogP contribution >= 0.6 is 0 Å². The van der Waals surface area contributed by atoms with Crippen molar-refractivity contribution >= 4 is 15.6 Å². The van der Waals surface area contributed by atoms with E-state index < -0.39 is 9.84 Å². The van der Waals surface area contributed by atoms with E-state index in [1.54, 1.807) is 6.92 Å². The van der Waals surface area contributed by atoms with Crippen LogP contribution in [0.5, 0.6) is 0 Å². The molecular weight excluding hydrogens is 236 g/mol. The first-order valence-corrected chi connectivity index (χ1v) is 8.53. The van der Waals surface area contributed by atoms with Crippen molar-refractivity contribution in [2.24, 2.45) is 11.8 Å². The van der Waals surface area contributed by atoms with E-state index in [1.807, 2.05) is 0 Å². The Morgan fingerprint density at radius 3 is 2.47 bits per heavy atom. The van der Waals surface area contributed by atoms with Crippen molar-refractivity contribution in [3.05, 3.63) is 0 Å². The van der Waals surface area contributed by atoms with Gasteiger partial charge >= 0.3 is 0 Å². The highest BCUT2D eigenvalue weighted by Crippen LogP contribution is 2.34. The van der Waals surface area contributed by atoms with Gasteiger partial charge < -0.3 is 0 Å². The Kier molecular flexibility index (Phi) is 5.63. The van der Waals surface area contributed by atoms with Gasteiger partial charge in [0.2, 0.25) is 0 Å². The second-order valence-electron chi connectivity index (χ2n) is 5.09. The van der Waals surface area contributed by atoms with E-state index in [0.717, 1.165) is 19.3 Å². The monoisotopic (exact) mass is 260 g/mol. The number of hydrogen-bond donors (Lipinski definition) is 0. The number of rotatable bonds is 7. The lowest BCUT2D eigenvalue weighted by atomic mass is 9.97. The molecule has 0 N–H and O–H groups in total. The van der Waals surface area contributed by atoms with Gasteiger partial charge in [0, 0.05) is 18.1 Å². The van der Waals surface area contributed by atoms with E-state index >= 15 is 0 Å². The second kappa shape index (κ2) is 6.53. The van der Waals surface area contributed by atoms with Gasteiger partial charge in [-0.2, -0.15) is 0 Å². The topological polar surface area (TPSA) is 51.2 Å². The minimum atomic E-state index is -2.91. The van der Waals surface area contributed by atoms with Gasteiger partial charge in [-0.1, -0.05) is 20.3 Å². The molecule has 1 saturated carbocycles. The molecule has 1 aliphatic carbocycles. The zero-order valence-corrected chi connectivity index (χ0v) is 11.8. The lowest BCUT2D eigenvalue weighted by molar-refractivity contribution is -0.122. The minimum Gasteiger partial charge on any atom is -0.299 e. The zero-order valence-electron chi connectivity index (χ0n) is 10.9. The molecule has 2 atom stereocenters. The maximum atomic E-state index is 11.9. The van der Waals surface area contributed by atoms with Crippen molar-refractivity contribution in [2.75, 3.05) is 11.5 Å². The van der Waals surface area contributed by atoms with Crippen LogP contribution in [0, 0.1) is 11.8 Å². The van der Waals surface area contributed by atoms with Gasteiger partial charge in [-0.15, -0.1) is 0 Å². The molecule has 2 unspecified atom stereocenters. The Labute approximate surface area is 105 Å². The summed E-state index contributed by atoms with van der Waals surface area (Å²) in [6.07, 6.45) is 5.31. The summed E-state index contributed by atoms with van der Waals surface area (Å²) in [6.45, 7) is 3.82. The fraction of sp³-hybridized carbons (Fsp3) is 0.923. The molecule has 3 nitrogen and oxygen atoms in total. The SMILES string of the molecule is CCC1CCC(C(=O)CCCS(=O)(=O)CC)C1. The third-order valence-corrected chi connectivity index (χ3v) is 5.68. The Balaban J connectivity index is 2.27. The van der Waals surface area contributed by atoms with Crippen LogP contribution < -0.4 is 0 Å². The molecule has 0 aromatic carbocycles. The zero-order chi connectivity index (χ0) is 12.9. The standard InChI is InChI=1S/C13H24O3S/c1-3-11-7-8-12(10-11)13(14)6-5-9-17(15,16)4-2/h11-12H,3-10H2,1-2H3. The highest BCUT2D eigenvalue weighted by molar-refractivity contribution is 7.91. The fourth-order valence-electron chi connectivity index (χ4n) is 2.55. The van der Waals surface area contributed by atoms with Crippen LogP contribution in [0.4, 0.5) is 0 Å². The van der Waals surface area contributed by atoms with Crippen LogP contribution in [0.25, 0.3) is 0 Å². The quantitative estimate of drug-likeness (QED) is 0.707. The summed E-state index contributed by atoms with van der Waals surface area (Å²) in [6, 6.07) is 0. The second-order valence-corrected chi connectivity index (χ2v) is 7.56. The van der Waals surface area contributed by atoms with Gasteiger partial charge in [0.15, 0.2) is 0 Å². The van der Waals surface area contributed by atoms with Gasteiger partial charge in [-0.25, -0.2) is 8.42 Å². The first kappa shape index (κ1) is 14.7. The molecule has 1 aliphatic rings. The maximum Gasteiger partial charge on any atom is 0.150 e. The molecule has 0 saturated heterocycles. The molecule has 100 valence electrons. The van der Waals surface area contributed by atoms with Crippen LogP contribution in [-0.2, 0) is 14.6 Å². The predicted octanol–water partition coefficient (Wildman–Crippen LogP) is 2.60. The summed E-state index contributed by atoms with van der Waals surface area (Å²) in [5.74, 6) is 1.56. The molecule has 0 amide bonds. The molecule has 0 heterocycles. The van der Waals surface area contributed by atoms with Crippen LogP contribution in [0.1, 0.15) is 52.4 Å². The number of Topliss-reactive ketones (excluding diaryl/α,β-unsaturated/α-hetero) is 1. The van der Waals surface area contributed by atoms with Crippen molar-refractivity contribution in [1.29, 1.82) is 0 Å². The van der Waals surface area contributed by atoms with Crippen molar-refractivity contribution in [1.82, 2.24) is 0 Å². The highest BCUT2D eigenvalue weighted by Gasteiger charge is 2.28. The smallest absolute Gasteiger partial charge is 0.150 e.